The zero-order valence-electron chi connectivity index (χ0n) is 14.0. The van der Waals surface area contributed by atoms with Gasteiger partial charge in [0, 0.05) is 24.7 Å². The summed E-state index contributed by atoms with van der Waals surface area (Å²) in [6, 6.07) is 4.66. The molecule has 1 N–H and O–H groups in total. The Morgan fingerprint density at radius 2 is 2.13 bits per heavy atom. The molecule has 4 heterocycles. The van der Waals surface area contributed by atoms with Gasteiger partial charge >= 0.3 is 0 Å². The molecule has 0 bridgehead atoms. The van der Waals surface area contributed by atoms with Gasteiger partial charge in [-0.1, -0.05) is 6.92 Å². The molecule has 0 spiro atoms. The summed E-state index contributed by atoms with van der Waals surface area (Å²) in [5.74, 6) is 1.83. The SMILES string of the molecule is CCN1CCCC(c2nc3cccnc3n2C2CCNCC2)C1. The lowest BCUT2D eigenvalue weighted by molar-refractivity contribution is 0.209. The summed E-state index contributed by atoms with van der Waals surface area (Å²) < 4.78 is 2.49. The highest BCUT2D eigenvalue weighted by atomic mass is 15.2. The molecule has 4 rings (SSSR count). The van der Waals surface area contributed by atoms with Crippen LogP contribution in [0, 0.1) is 0 Å². The highest BCUT2D eigenvalue weighted by Gasteiger charge is 2.29. The predicted molar refractivity (Wildman–Crippen MR) is 92.8 cm³/mol. The first-order valence-electron chi connectivity index (χ1n) is 9.12. The minimum Gasteiger partial charge on any atom is -0.317 e. The van der Waals surface area contributed by atoms with Crippen molar-refractivity contribution in [3.63, 3.8) is 0 Å². The summed E-state index contributed by atoms with van der Waals surface area (Å²) >= 11 is 0. The summed E-state index contributed by atoms with van der Waals surface area (Å²) in [5.41, 5.74) is 2.15. The Balaban J connectivity index is 1.75. The lowest BCUT2D eigenvalue weighted by atomic mass is 9.96. The molecule has 2 fully saturated rings. The molecule has 0 aliphatic carbocycles. The van der Waals surface area contributed by atoms with Gasteiger partial charge in [-0.3, -0.25) is 0 Å². The van der Waals surface area contributed by atoms with E-state index in [1.54, 1.807) is 0 Å². The van der Waals surface area contributed by atoms with Crippen molar-refractivity contribution in [1.29, 1.82) is 0 Å². The van der Waals surface area contributed by atoms with Crippen molar-refractivity contribution >= 4 is 11.2 Å². The van der Waals surface area contributed by atoms with E-state index in [1.165, 1.54) is 38.1 Å². The van der Waals surface area contributed by atoms with Crippen molar-refractivity contribution in [3.05, 3.63) is 24.2 Å². The quantitative estimate of drug-likeness (QED) is 0.946. The molecule has 1 unspecified atom stereocenters. The van der Waals surface area contributed by atoms with Gasteiger partial charge < -0.3 is 14.8 Å². The number of pyridine rings is 1. The van der Waals surface area contributed by atoms with Crippen LogP contribution in [0.15, 0.2) is 18.3 Å². The molecule has 1 atom stereocenters. The van der Waals surface area contributed by atoms with Gasteiger partial charge in [0.2, 0.25) is 0 Å². The molecule has 5 heteroatoms. The van der Waals surface area contributed by atoms with Crippen LogP contribution in [0.4, 0.5) is 0 Å². The average Bonchev–Trinajstić information content (AvgIpc) is 3.02. The van der Waals surface area contributed by atoms with Gasteiger partial charge in [-0.15, -0.1) is 0 Å². The number of aromatic nitrogens is 3. The number of likely N-dealkylation sites (tertiary alicyclic amines) is 1. The zero-order chi connectivity index (χ0) is 15.6. The summed E-state index contributed by atoms with van der Waals surface area (Å²) in [7, 11) is 0. The molecule has 2 aliphatic rings. The largest absolute Gasteiger partial charge is 0.317 e. The topological polar surface area (TPSA) is 46.0 Å². The molecule has 124 valence electrons. The normalized spacial score (nSPS) is 24.3. The van der Waals surface area contributed by atoms with Gasteiger partial charge in [-0.2, -0.15) is 0 Å². The van der Waals surface area contributed by atoms with Crippen LogP contribution in [0.3, 0.4) is 0 Å². The number of hydrogen-bond acceptors (Lipinski definition) is 4. The van der Waals surface area contributed by atoms with E-state index in [-0.39, 0.29) is 0 Å². The number of nitrogens with zero attached hydrogens (tertiary/aromatic N) is 4. The van der Waals surface area contributed by atoms with Gasteiger partial charge in [0.05, 0.1) is 0 Å². The second-order valence-electron chi connectivity index (χ2n) is 6.90. The minimum atomic E-state index is 0.545. The zero-order valence-corrected chi connectivity index (χ0v) is 14.0. The number of fused-ring (bicyclic) bond motifs is 1. The van der Waals surface area contributed by atoms with Crippen LogP contribution in [0.5, 0.6) is 0 Å². The van der Waals surface area contributed by atoms with E-state index in [2.05, 4.69) is 32.8 Å². The molecule has 5 nitrogen and oxygen atoms in total. The lowest BCUT2D eigenvalue weighted by Gasteiger charge is -2.33. The van der Waals surface area contributed by atoms with E-state index in [4.69, 9.17) is 4.98 Å². The molecule has 2 aliphatic heterocycles. The van der Waals surface area contributed by atoms with E-state index >= 15 is 0 Å². The van der Waals surface area contributed by atoms with Crippen LogP contribution >= 0.6 is 0 Å². The average molecular weight is 313 g/mol. The second kappa shape index (κ2) is 6.57. The molecule has 2 aromatic rings. The molecular formula is C18H27N5. The third-order valence-electron chi connectivity index (χ3n) is 5.47. The first-order chi connectivity index (χ1) is 11.4. The monoisotopic (exact) mass is 313 g/mol. The maximum atomic E-state index is 5.03. The van der Waals surface area contributed by atoms with Crippen molar-refractivity contribution in [2.45, 2.75) is 44.6 Å². The van der Waals surface area contributed by atoms with Crippen LogP contribution in [0.2, 0.25) is 0 Å². The van der Waals surface area contributed by atoms with E-state index in [1.807, 2.05) is 12.3 Å². The standard InChI is InChI=1S/C18H27N5/c1-2-22-12-4-5-14(13-22)17-21-16-6-3-9-20-18(16)23(17)15-7-10-19-11-8-15/h3,6,9,14-15,19H,2,4-5,7-8,10-13H2,1H3. The minimum absolute atomic E-state index is 0.545. The van der Waals surface area contributed by atoms with E-state index < -0.39 is 0 Å². The van der Waals surface area contributed by atoms with Crippen LogP contribution in [-0.2, 0) is 0 Å². The molecule has 0 aromatic carbocycles. The first kappa shape index (κ1) is 15.1. The van der Waals surface area contributed by atoms with Crippen molar-refractivity contribution in [2.75, 3.05) is 32.7 Å². The number of piperidine rings is 2. The van der Waals surface area contributed by atoms with Crippen LogP contribution < -0.4 is 5.32 Å². The Kier molecular flexibility index (Phi) is 4.31. The van der Waals surface area contributed by atoms with Gasteiger partial charge in [0.15, 0.2) is 5.65 Å². The van der Waals surface area contributed by atoms with E-state index in [0.717, 1.165) is 37.3 Å². The highest BCUT2D eigenvalue weighted by molar-refractivity contribution is 5.71. The first-order valence-corrected chi connectivity index (χ1v) is 9.12. The Morgan fingerprint density at radius 1 is 1.26 bits per heavy atom. The Hall–Kier alpha value is -1.46. The lowest BCUT2D eigenvalue weighted by Crippen LogP contribution is -2.36. The molecule has 2 saturated heterocycles. The Labute approximate surface area is 138 Å². The molecule has 0 amide bonds. The number of nitrogens with one attached hydrogen (secondary N) is 1. The molecule has 2 aromatic heterocycles. The van der Waals surface area contributed by atoms with Gasteiger partial charge in [0.1, 0.15) is 11.3 Å². The molecule has 0 saturated carbocycles. The van der Waals surface area contributed by atoms with Crippen LogP contribution in [-0.4, -0.2) is 52.2 Å². The Morgan fingerprint density at radius 3 is 2.96 bits per heavy atom. The highest BCUT2D eigenvalue weighted by Crippen LogP contribution is 2.33. The fraction of sp³-hybridized carbons (Fsp3) is 0.667. The summed E-state index contributed by atoms with van der Waals surface area (Å²) in [5, 5.41) is 3.48. The Bertz CT molecular complexity index is 658. The summed E-state index contributed by atoms with van der Waals surface area (Å²) in [6.07, 6.45) is 6.80. The van der Waals surface area contributed by atoms with Gasteiger partial charge in [-0.05, 0) is 64.0 Å². The number of hydrogen-bond donors (Lipinski definition) is 1. The number of imidazole rings is 1. The molecule has 23 heavy (non-hydrogen) atoms. The summed E-state index contributed by atoms with van der Waals surface area (Å²) in [6.45, 7) is 7.98. The number of likely N-dealkylation sites (N-methyl/N-ethyl adjacent to an activating group) is 1. The fourth-order valence-corrected chi connectivity index (χ4v) is 4.21. The van der Waals surface area contributed by atoms with Crippen molar-refractivity contribution in [1.82, 2.24) is 24.8 Å². The smallest absolute Gasteiger partial charge is 0.160 e. The van der Waals surface area contributed by atoms with Crippen molar-refractivity contribution < 1.29 is 0 Å². The van der Waals surface area contributed by atoms with Gasteiger partial charge in [0.25, 0.3) is 0 Å². The van der Waals surface area contributed by atoms with Crippen molar-refractivity contribution in [2.24, 2.45) is 0 Å². The van der Waals surface area contributed by atoms with E-state index in [0.29, 0.717) is 12.0 Å². The van der Waals surface area contributed by atoms with Crippen molar-refractivity contribution in [3.8, 4) is 0 Å². The summed E-state index contributed by atoms with van der Waals surface area (Å²) in [4.78, 5) is 12.3. The third-order valence-corrected chi connectivity index (χ3v) is 5.47. The maximum Gasteiger partial charge on any atom is 0.160 e. The molecule has 0 radical (unpaired) electrons. The third kappa shape index (κ3) is 2.88. The van der Waals surface area contributed by atoms with Crippen LogP contribution in [0.25, 0.3) is 11.2 Å². The van der Waals surface area contributed by atoms with Crippen LogP contribution in [0.1, 0.15) is 50.4 Å². The number of rotatable bonds is 3. The van der Waals surface area contributed by atoms with E-state index in [9.17, 15) is 0 Å². The molecular weight excluding hydrogens is 286 g/mol. The van der Waals surface area contributed by atoms with Gasteiger partial charge in [-0.25, -0.2) is 9.97 Å². The fourth-order valence-electron chi connectivity index (χ4n) is 4.21. The second-order valence-corrected chi connectivity index (χ2v) is 6.90. The maximum absolute atomic E-state index is 5.03. The predicted octanol–water partition coefficient (Wildman–Crippen LogP) is 2.56.